The Morgan fingerprint density at radius 2 is 2.10 bits per heavy atom. The predicted octanol–water partition coefficient (Wildman–Crippen LogP) is 1.06. The van der Waals surface area contributed by atoms with E-state index in [1.807, 2.05) is 13.8 Å². The Labute approximate surface area is 62.5 Å². The molecule has 0 radical (unpaired) electrons. The summed E-state index contributed by atoms with van der Waals surface area (Å²) in [5.41, 5.74) is 0. The molecule has 0 aromatic carbocycles. The number of ether oxygens (including phenoxy) is 2. The topological polar surface area (TPSA) is 18.5 Å². The third kappa shape index (κ3) is 4.37. The second-order valence-corrected chi connectivity index (χ2v) is 2.19. The van der Waals surface area contributed by atoms with Gasteiger partial charge in [-0.25, -0.2) is 0 Å². The molecule has 0 aliphatic rings. The van der Waals surface area contributed by atoms with Crippen molar-refractivity contribution in [1.29, 1.82) is 0 Å². The van der Waals surface area contributed by atoms with E-state index in [-0.39, 0.29) is 12.2 Å². The van der Waals surface area contributed by atoms with Gasteiger partial charge in [0.2, 0.25) is 0 Å². The third-order valence-corrected chi connectivity index (χ3v) is 1.22. The van der Waals surface area contributed by atoms with Gasteiger partial charge < -0.3 is 9.47 Å². The van der Waals surface area contributed by atoms with Crippen LogP contribution in [0.2, 0.25) is 0 Å². The smallest absolute Gasteiger partial charge is 0.115 e. The van der Waals surface area contributed by atoms with Crippen LogP contribution in [0.5, 0.6) is 0 Å². The van der Waals surface area contributed by atoms with Crippen LogP contribution in [0.15, 0.2) is 0 Å². The average Bonchev–Trinajstić information content (AvgIpc) is 1.99. The maximum absolute atomic E-state index is 5.18. The van der Waals surface area contributed by atoms with E-state index in [1.54, 1.807) is 7.11 Å². The summed E-state index contributed by atoms with van der Waals surface area (Å²) >= 11 is 0. The maximum Gasteiger partial charge on any atom is 0.115 e. The molecule has 0 bridgehead atoms. The Hall–Kier alpha value is -0.520. The molecule has 58 valence electrons. The molecule has 0 spiro atoms. The van der Waals surface area contributed by atoms with Crippen molar-refractivity contribution in [1.82, 2.24) is 0 Å². The highest BCUT2D eigenvalue weighted by molar-refractivity contribution is 4.91. The summed E-state index contributed by atoms with van der Waals surface area (Å²) in [4.78, 5) is 0. The van der Waals surface area contributed by atoms with Gasteiger partial charge in [-0.15, -0.1) is 6.42 Å². The average molecular weight is 142 g/mol. The molecule has 2 unspecified atom stereocenters. The summed E-state index contributed by atoms with van der Waals surface area (Å²) in [6.07, 6.45) is 5.09. The van der Waals surface area contributed by atoms with Gasteiger partial charge in [-0.2, -0.15) is 0 Å². The van der Waals surface area contributed by atoms with Gasteiger partial charge in [-0.3, -0.25) is 0 Å². The molecule has 2 heteroatoms. The lowest BCUT2D eigenvalue weighted by Gasteiger charge is -2.11. The van der Waals surface area contributed by atoms with Crippen LogP contribution in [0.25, 0.3) is 0 Å². The Morgan fingerprint density at radius 1 is 1.50 bits per heavy atom. The minimum atomic E-state index is -0.113. The van der Waals surface area contributed by atoms with E-state index in [9.17, 15) is 0 Å². The van der Waals surface area contributed by atoms with Crippen LogP contribution < -0.4 is 0 Å². The van der Waals surface area contributed by atoms with Gasteiger partial charge in [0.1, 0.15) is 6.10 Å². The Kier molecular flexibility index (Phi) is 5.00. The van der Waals surface area contributed by atoms with E-state index in [4.69, 9.17) is 15.9 Å². The van der Waals surface area contributed by atoms with Crippen LogP contribution in [0.1, 0.15) is 13.8 Å². The fraction of sp³-hybridized carbons (Fsp3) is 0.750. The minimum absolute atomic E-state index is 0.113. The highest BCUT2D eigenvalue weighted by Crippen LogP contribution is 1.93. The molecule has 0 heterocycles. The molecule has 2 nitrogen and oxygen atoms in total. The number of rotatable bonds is 4. The molecular weight excluding hydrogens is 128 g/mol. The standard InChI is InChI=1S/C8H14O2/c1-5-7(2)10-6-8(3)9-4/h1,7-8H,6H2,2-4H3. The molecule has 2 atom stereocenters. The number of methoxy groups -OCH3 is 1. The highest BCUT2D eigenvalue weighted by atomic mass is 16.5. The lowest BCUT2D eigenvalue weighted by Crippen LogP contribution is -2.17. The largest absolute Gasteiger partial charge is 0.379 e. The number of hydrogen-bond acceptors (Lipinski definition) is 2. The first-order chi connectivity index (χ1) is 4.70. The lowest BCUT2D eigenvalue weighted by atomic mass is 10.4. The fourth-order valence-corrected chi connectivity index (χ4v) is 0.396. The van der Waals surface area contributed by atoms with Crippen molar-refractivity contribution in [3.63, 3.8) is 0 Å². The molecule has 0 aromatic rings. The quantitative estimate of drug-likeness (QED) is 0.546. The summed E-state index contributed by atoms with van der Waals surface area (Å²) in [6, 6.07) is 0. The molecule has 0 saturated heterocycles. The van der Waals surface area contributed by atoms with Crippen molar-refractivity contribution in [3.8, 4) is 12.3 Å². The van der Waals surface area contributed by atoms with Gasteiger partial charge >= 0.3 is 0 Å². The van der Waals surface area contributed by atoms with Crippen LogP contribution in [0, 0.1) is 12.3 Å². The zero-order valence-corrected chi connectivity index (χ0v) is 6.76. The van der Waals surface area contributed by atoms with E-state index >= 15 is 0 Å². The van der Waals surface area contributed by atoms with Crippen molar-refractivity contribution >= 4 is 0 Å². The first-order valence-corrected chi connectivity index (χ1v) is 3.31. The fourth-order valence-electron chi connectivity index (χ4n) is 0.396. The minimum Gasteiger partial charge on any atom is -0.379 e. The molecule has 0 fully saturated rings. The monoisotopic (exact) mass is 142 g/mol. The Morgan fingerprint density at radius 3 is 2.50 bits per heavy atom. The van der Waals surface area contributed by atoms with Crippen molar-refractivity contribution in [2.75, 3.05) is 13.7 Å². The van der Waals surface area contributed by atoms with Crippen LogP contribution in [0.3, 0.4) is 0 Å². The van der Waals surface area contributed by atoms with Gasteiger partial charge in [-0.05, 0) is 13.8 Å². The molecule has 0 saturated carbocycles. The van der Waals surface area contributed by atoms with Crippen molar-refractivity contribution in [2.24, 2.45) is 0 Å². The van der Waals surface area contributed by atoms with Gasteiger partial charge in [-0.1, -0.05) is 5.92 Å². The van der Waals surface area contributed by atoms with Crippen LogP contribution in [-0.2, 0) is 9.47 Å². The van der Waals surface area contributed by atoms with Crippen molar-refractivity contribution in [3.05, 3.63) is 0 Å². The first kappa shape index (κ1) is 9.48. The summed E-state index contributed by atoms with van der Waals surface area (Å²) in [5.74, 6) is 2.47. The third-order valence-electron chi connectivity index (χ3n) is 1.22. The molecular formula is C8H14O2. The number of terminal acetylenes is 1. The zero-order chi connectivity index (χ0) is 7.98. The van der Waals surface area contributed by atoms with E-state index in [2.05, 4.69) is 5.92 Å². The summed E-state index contributed by atoms with van der Waals surface area (Å²) in [7, 11) is 1.65. The molecule has 0 N–H and O–H groups in total. The van der Waals surface area contributed by atoms with Gasteiger partial charge in [0.15, 0.2) is 0 Å². The van der Waals surface area contributed by atoms with E-state index < -0.39 is 0 Å². The molecule has 10 heavy (non-hydrogen) atoms. The number of hydrogen-bond donors (Lipinski definition) is 0. The second-order valence-electron chi connectivity index (χ2n) is 2.19. The molecule has 0 rings (SSSR count). The lowest BCUT2D eigenvalue weighted by molar-refractivity contribution is 0.00475. The SMILES string of the molecule is C#CC(C)OCC(C)OC. The van der Waals surface area contributed by atoms with Crippen LogP contribution in [0.4, 0.5) is 0 Å². The second kappa shape index (κ2) is 5.28. The molecule has 0 aliphatic heterocycles. The van der Waals surface area contributed by atoms with Gasteiger partial charge in [0.05, 0.1) is 12.7 Å². The Bertz CT molecular complexity index is 115. The summed E-state index contributed by atoms with van der Waals surface area (Å²) in [6.45, 7) is 4.33. The van der Waals surface area contributed by atoms with Gasteiger partial charge in [0.25, 0.3) is 0 Å². The van der Waals surface area contributed by atoms with E-state index in [0.717, 1.165) is 0 Å². The molecule has 0 amide bonds. The zero-order valence-electron chi connectivity index (χ0n) is 6.76. The predicted molar refractivity (Wildman–Crippen MR) is 40.7 cm³/mol. The van der Waals surface area contributed by atoms with Crippen molar-refractivity contribution < 1.29 is 9.47 Å². The van der Waals surface area contributed by atoms with E-state index in [0.29, 0.717) is 6.61 Å². The summed E-state index contributed by atoms with van der Waals surface area (Å²) < 4.78 is 10.1. The first-order valence-electron chi connectivity index (χ1n) is 3.31. The summed E-state index contributed by atoms with van der Waals surface area (Å²) in [5, 5.41) is 0. The van der Waals surface area contributed by atoms with E-state index in [1.165, 1.54) is 0 Å². The normalized spacial score (nSPS) is 15.8. The highest BCUT2D eigenvalue weighted by Gasteiger charge is 2.01. The van der Waals surface area contributed by atoms with Crippen LogP contribution >= 0.6 is 0 Å². The molecule has 0 aliphatic carbocycles. The molecule has 0 aromatic heterocycles. The van der Waals surface area contributed by atoms with Gasteiger partial charge in [0, 0.05) is 7.11 Å². The van der Waals surface area contributed by atoms with Crippen molar-refractivity contribution in [2.45, 2.75) is 26.1 Å². The van der Waals surface area contributed by atoms with Crippen LogP contribution in [-0.4, -0.2) is 25.9 Å². The maximum atomic E-state index is 5.18. The Balaban J connectivity index is 3.28.